The number of hydroxylamine groups is 1. The molecule has 0 aliphatic heterocycles. The van der Waals surface area contributed by atoms with E-state index in [1.807, 2.05) is 25.1 Å². The Balaban J connectivity index is 2.18. The lowest BCUT2D eigenvalue weighted by Crippen LogP contribution is -2.20. The van der Waals surface area contributed by atoms with Crippen LogP contribution < -0.4 is 10.8 Å². The minimum absolute atomic E-state index is 0.0738. The molecule has 1 aromatic heterocycles. The van der Waals surface area contributed by atoms with Crippen LogP contribution in [0.4, 0.5) is 17.1 Å². The molecule has 0 aliphatic rings. The van der Waals surface area contributed by atoms with Gasteiger partial charge in [0.25, 0.3) is 11.6 Å². The molecule has 9 heteroatoms. The molecule has 0 saturated carbocycles. The van der Waals surface area contributed by atoms with Crippen LogP contribution in [-0.2, 0) is 0 Å². The van der Waals surface area contributed by atoms with Crippen LogP contribution in [0.5, 0.6) is 0 Å². The maximum absolute atomic E-state index is 12.2. The van der Waals surface area contributed by atoms with E-state index in [0.717, 1.165) is 9.13 Å². The molecule has 2 aromatic carbocycles. The predicted molar refractivity (Wildman–Crippen MR) is 109 cm³/mol. The summed E-state index contributed by atoms with van der Waals surface area (Å²) in [5.74, 6) is -0.774. The number of hydrogen-bond donors (Lipinski definition) is 3. The molecule has 3 aromatic rings. The molecule has 0 spiro atoms. The second kappa shape index (κ2) is 7.76. The van der Waals surface area contributed by atoms with E-state index < -0.39 is 10.8 Å². The zero-order valence-electron chi connectivity index (χ0n) is 14.1. The van der Waals surface area contributed by atoms with E-state index >= 15 is 0 Å². The molecule has 0 aliphatic carbocycles. The van der Waals surface area contributed by atoms with Crippen LogP contribution in [0.3, 0.4) is 0 Å². The molecule has 138 valence electrons. The monoisotopic (exact) mass is 478 g/mol. The van der Waals surface area contributed by atoms with E-state index in [4.69, 9.17) is 5.21 Å². The van der Waals surface area contributed by atoms with Gasteiger partial charge in [0.2, 0.25) is 0 Å². The Hall–Kier alpha value is -2.92. The Kier molecular flexibility index (Phi) is 5.42. The minimum atomic E-state index is -0.774. The third kappa shape index (κ3) is 3.93. The average molecular weight is 478 g/mol. The number of nitro groups is 1. The van der Waals surface area contributed by atoms with Crippen LogP contribution >= 0.6 is 22.6 Å². The Morgan fingerprint density at radius 3 is 2.48 bits per heavy atom. The van der Waals surface area contributed by atoms with E-state index in [1.165, 1.54) is 16.7 Å². The van der Waals surface area contributed by atoms with Gasteiger partial charge >= 0.3 is 0 Å². The van der Waals surface area contributed by atoms with Crippen LogP contribution in [0.1, 0.15) is 15.9 Å². The van der Waals surface area contributed by atoms with Gasteiger partial charge in [-0.3, -0.25) is 20.1 Å². The fourth-order valence-corrected chi connectivity index (χ4v) is 3.34. The van der Waals surface area contributed by atoms with Gasteiger partial charge in [0.1, 0.15) is 5.69 Å². The number of carbonyl (C=O) groups is 1. The van der Waals surface area contributed by atoms with E-state index in [-0.39, 0.29) is 22.6 Å². The van der Waals surface area contributed by atoms with Crippen molar-refractivity contribution >= 4 is 45.6 Å². The molecule has 27 heavy (non-hydrogen) atoms. The smallest absolute Gasteiger partial charge is 0.295 e. The summed E-state index contributed by atoms with van der Waals surface area (Å²) in [4.78, 5) is 23.3. The number of benzene rings is 2. The highest BCUT2D eigenvalue weighted by Gasteiger charge is 2.23. The van der Waals surface area contributed by atoms with Crippen molar-refractivity contribution in [2.45, 2.75) is 6.92 Å². The topological polar surface area (TPSA) is 109 Å². The third-order valence-electron chi connectivity index (χ3n) is 4.00. The maximum Gasteiger partial charge on any atom is 0.295 e. The quantitative estimate of drug-likeness (QED) is 0.221. The Labute approximate surface area is 168 Å². The van der Waals surface area contributed by atoms with Crippen molar-refractivity contribution in [2.75, 3.05) is 5.32 Å². The normalized spacial score (nSPS) is 10.5. The first-order valence-corrected chi connectivity index (χ1v) is 8.92. The molecule has 3 N–H and O–H groups in total. The summed E-state index contributed by atoms with van der Waals surface area (Å²) in [7, 11) is 0. The summed E-state index contributed by atoms with van der Waals surface area (Å²) < 4.78 is 2.57. The molecule has 3 rings (SSSR count). The number of nitrogens with zero attached hydrogens (tertiary/aromatic N) is 2. The average Bonchev–Trinajstić information content (AvgIpc) is 3.17. The zero-order valence-corrected chi connectivity index (χ0v) is 16.3. The molecule has 1 amide bonds. The number of nitro benzene ring substituents is 1. The minimum Gasteiger partial charge on any atom is -0.354 e. The first kappa shape index (κ1) is 18.9. The van der Waals surface area contributed by atoms with Crippen LogP contribution in [-0.4, -0.2) is 20.6 Å². The highest BCUT2D eigenvalue weighted by atomic mass is 127. The maximum atomic E-state index is 12.2. The SMILES string of the molecule is Cc1cc(I)ccc1Nc1cc([N+](=O)[O-])c(-n2cccc2)cc1C(=O)NO. The molecule has 0 atom stereocenters. The Morgan fingerprint density at radius 2 is 1.89 bits per heavy atom. The first-order valence-electron chi connectivity index (χ1n) is 7.84. The van der Waals surface area contributed by atoms with Gasteiger partial charge in [-0.05, 0) is 71.5 Å². The van der Waals surface area contributed by atoms with Gasteiger partial charge in [0.05, 0.1) is 16.2 Å². The number of nitrogens with one attached hydrogen (secondary N) is 2. The van der Waals surface area contributed by atoms with E-state index in [2.05, 4.69) is 27.9 Å². The predicted octanol–water partition coefficient (Wildman–Crippen LogP) is 4.16. The summed E-state index contributed by atoms with van der Waals surface area (Å²) in [6.07, 6.45) is 3.28. The zero-order chi connectivity index (χ0) is 19.6. The van der Waals surface area contributed by atoms with E-state index in [9.17, 15) is 14.9 Å². The van der Waals surface area contributed by atoms with Crippen molar-refractivity contribution in [3.63, 3.8) is 0 Å². The van der Waals surface area contributed by atoms with Gasteiger partial charge in [-0.25, -0.2) is 5.48 Å². The lowest BCUT2D eigenvalue weighted by molar-refractivity contribution is -0.384. The van der Waals surface area contributed by atoms with Crippen LogP contribution in [0.2, 0.25) is 0 Å². The summed E-state index contributed by atoms with van der Waals surface area (Å²) >= 11 is 2.18. The number of amides is 1. The largest absolute Gasteiger partial charge is 0.354 e. The lowest BCUT2D eigenvalue weighted by atomic mass is 10.1. The third-order valence-corrected chi connectivity index (χ3v) is 4.67. The second-order valence-corrected chi connectivity index (χ2v) is 7.00. The fraction of sp³-hybridized carbons (Fsp3) is 0.0556. The summed E-state index contributed by atoms with van der Waals surface area (Å²) in [5, 5.41) is 23.8. The van der Waals surface area contributed by atoms with Gasteiger partial charge < -0.3 is 9.88 Å². The second-order valence-electron chi connectivity index (χ2n) is 5.76. The summed E-state index contributed by atoms with van der Waals surface area (Å²) in [6, 6.07) is 11.7. The highest BCUT2D eigenvalue weighted by molar-refractivity contribution is 14.1. The molecule has 8 nitrogen and oxygen atoms in total. The number of anilines is 2. The van der Waals surface area contributed by atoms with Crippen molar-refractivity contribution in [3.8, 4) is 5.69 Å². The number of carbonyl (C=O) groups excluding carboxylic acids is 1. The van der Waals surface area contributed by atoms with Crippen LogP contribution in [0.25, 0.3) is 5.69 Å². The van der Waals surface area contributed by atoms with Gasteiger partial charge in [-0.1, -0.05) is 0 Å². The first-order chi connectivity index (χ1) is 12.9. The van der Waals surface area contributed by atoms with Crippen molar-refractivity contribution < 1.29 is 14.9 Å². The number of rotatable bonds is 5. The number of hydrogen-bond acceptors (Lipinski definition) is 5. The van der Waals surface area contributed by atoms with Crippen molar-refractivity contribution in [2.24, 2.45) is 0 Å². The molecule has 0 bridgehead atoms. The highest BCUT2D eigenvalue weighted by Crippen LogP contribution is 2.33. The summed E-state index contributed by atoms with van der Waals surface area (Å²) in [6.45, 7) is 1.89. The molecular weight excluding hydrogens is 463 g/mol. The van der Waals surface area contributed by atoms with E-state index in [0.29, 0.717) is 5.69 Å². The molecule has 1 heterocycles. The van der Waals surface area contributed by atoms with Gasteiger partial charge in [0.15, 0.2) is 0 Å². The van der Waals surface area contributed by atoms with E-state index in [1.54, 1.807) is 30.0 Å². The fourth-order valence-electron chi connectivity index (χ4n) is 2.69. The number of aryl methyl sites for hydroxylation is 1. The van der Waals surface area contributed by atoms with Crippen molar-refractivity contribution in [1.82, 2.24) is 10.0 Å². The van der Waals surface area contributed by atoms with Crippen LogP contribution in [0, 0.1) is 20.6 Å². The molecule has 0 saturated heterocycles. The molecular formula is C18H15IN4O4. The van der Waals surface area contributed by atoms with Gasteiger partial charge in [-0.15, -0.1) is 0 Å². The Bertz CT molecular complexity index is 1020. The standard InChI is InChI=1S/C18H15IN4O4/c1-11-8-12(19)4-5-14(11)20-15-10-17(23(26)27)16(22-6-2-3-7-22)9-13(15)18(24)21-25/h2-10,20,25H,1H3,(H,21,24). The van der Waals surface area contributed by atoms with Gasteiger partial charge in [0, 0.05) is 27.7 Å². The van der Waals surface area contributed by atoms with Crippen molar-refractivity contribution in [1.29, 1.82) is 0 Å². The van der Waals surface area contributed by atoms with Gasteiger partial charge in [-0.2, -0.15) is 0 Å². The number of halogens is 1. The van der Waals surface area contributed by atoms with Crippen molar-refractivity contribution in [3.05, 3.63) is 79.7 Å². The number of aromatic nitrogens is 1. The molecule has 0 fully saturated rings. The molecule has 0 radical (unpaired) electrons. The summed E-state index contributed by atoms with van der Waals surface area (Å²) in [5.41, 5.74) is 3.54. The lowest BCUT2D eigenvalue weighted by Gasteiger charge is -2.15. The van der Waals surface area contributed by atoms with Crippen LogP contribution in [0.15, 0.2) is 54.9 Å². The Morgan fingerprint density at radius 1 is 1.19 bits per heavy atom. The molecule has 0 unspecified atom stereocenters.